The Kier molecular flexibility index (Phi) is 4.97. The second-order valence-corrected chi connectivity index (χ2v) is 12.5. The molecule has 9 rings (SSSR count). The average molecular weight is 569 g/mol. The molecule has 0 atom stereocenters. The lowest BCUT2D eigenvalue weighted by Gasteiger charge is -2.09. The third kappa shape index (κ3) is 3.46. The summed E-state index contributed by atoms with van der Waals surface area (Å²) in [4.78, 5) is 0. The number of aromatic nitrogens is 1. The Morgan fingerprint density at radius 3 is 2.07 bits per heavy atom. The highest BCUT2D eigenvalue weighted by atomic mass is 32.1. The van der Waals surface area contributed by atoms with Crippen molar-refractivity contribution >= 4 is 75.3 Å². The van der Waals surface area contributed by atoms with Crippen molar-refractivity contribution in [2.24, 2.45) is 0 Å². The molecule has 0 spiro atoms. The van der Waals surface area contributed by atoms with E-state index in [9.17, 15) is 5.26 Å². The molecule has 0 aliphatic heterocycles. The molecule has 0 aliphatic carbocycles. The van der Waals surface area contributed by atoms with Gasteiger partial charge in [0.2, 0.25) is 0 Å². The van der Waals surface area contributed by atoms with Gasteiger partial charge in [0.15, 0.2) is 0 Å². The zero-order valence-electron chi connectivity index (χ0n) is 23.6. The monoisotopic (exact) mass is 568 g/mol. The van der Waals surface area contributed by atoms with Crippen LogP contribution in [0.25, 0.3) is 80.7 Å². The van der Waals surface area contributed by atoms with Crippen molar-refractivity contribution < 1.29 is 4.42 Å². The average Bonchev–Trinajstić information content (AvgIpc) is 3.69. The molecule has 0 unspecified atom stereocenters. The van der Waals surface area contributed by atoms with E-state index in [1.807, 2.05) is 24.3 Å². The SMILES string of the molecule is Cc1ccc2c(c1)c1cc(C)ccc1n2-c1cccc2c1sc1c(C#N)cc(-c3ccc4c(c3)oc3ccccc34)cc12. The molecule has 4 heteroatoms. The Morgan fingerprint density at radius 2 is 1.30 bits per heavy atom. The number of fused-ring (bicyclic) bond motifs is 9. The van der Waals surface area contributed by atoms with Crippen molar-refractivity contribution in [3.63, 3.8) is 0 Å². The highest BCUT2D eigenvalue weighted by Gasteiger charge is 2.19. The third-order valence-electron chi connectivity index (χ3n) is 8.73. The number of hydrogen-bond donors (Lipinski definition) is 0. The third-order valence-corrected chi connectivity index (χ3v) is 10.0. The van der Waals surface area contributed by atoms with Crippen LogP contribution in [0.5, 0.6) is 0 Å². The molecule has 3 heterocycles. The van der Waals surface area contributed by atoms with Gasteiger partial charge in [0.1, 0.15) is 17.2 Å². The first kappa shape index (κ1) is 24.2. The molecule has 9 aromatic rings. The maximum Gasteiger partial charge on any atom is 0.136 e. The van der Waals surface area contributed by atoms with Crippen molar-refractivity contribution in [3.8, 4) is 22.9 Å². The van der Waals surface area contributed by atoms with E-state index in [1.165, 1.54) is 37.6 Å². The van der Waals surface area contributed by atoms with E-state index in [0.29, 0.717) is 5.56 Å². The molecule has 0 bridgehead atoms. The second kappa shape index (κ2) is 8.82. The maximum absolute atomic E-state index is 10.3. The number of thiophene rings is 1. The van der Waals surface area contributed by atoms with Gasteiger partial charge in [-0.05, 0) is 85.6 Å². The normalized spacial score (nSPS) is 11.9. The number of para-hydroxylation sites is 1. The maximum atomic E-state index is 10.3. The Balaban J connectivity index is 1.31. The lowest BCUT2D eigenvalue weighted by Crippen LogP contribution is -1.94. The van der Waals surface area contributed by atoms with Gasteiger partial charge in [-0.2, -0.15) is 5.26 Å². The van der Waals surface area contributed by atoms with Gasteiger partial charge in [0.25, 0.3) is 0 Å². The van der Waals surface area contributed by atoms with Crippen molar-refractivity contribution in [2.45, 2.75) is 13.8 Å². The van der Waals surface area contributed by atoms with E-state index in [1.54, 1.807) is 11.3 Å². The van der Waals surface area contributed by atoms with Gasteiger partial charge in [-0.15, -0.1) is 11.3 Å². The molecule has 0 aliphatic rings. The summed E-state index contributed by atoms with van der Waals surface area (Å²) in [6.07, 6.45) is 0. The van der Waals surface area contributed by atoms with Gasteiger partial charge in [-0.3, -0.25) is 0 Å². The van der Waals surface area contributed by atoms with Gasteiger partial charge < -0.3 is 8.98 Å². The van der Waals surface area contributed by atoms with Crippen LogP contribution in [0.3, 0.4) is 0 Å². The molecule has 0 radical (unpaired) electrons. The minimum Gasteiger partial charge on any atom is -0.456 e. The Labute approximate surface area is 251 Å². The topological polar surface area (TPSA) is 41.9 Å². The summed E-state index contributed by atoms with van der Waals surface area (Å²) >= 11 is 1.71. The van der Waals surface area contributed by atoms with Crippen molar-refractivity contribution in [3.05, 3.63) is 126 Å². The first-order chi connectivity index (χ1) is 21.1. The number of benzene rings is 6. The van der Waals surface area contributed by atoms with E-state index >= 15 is 0 Å². The van der Waals surface area contributed by atoms with Gasteiger partial charge >= 0.3 is 0 Å². The van der Waals surface area contributed by atoms with Crippen molar-refractivity contribution in [2.75, 3.05) is 0 Å². The zero-order valence-corrected chi connectivity index (χ0v) is 24.4. The van der Waals surface area contributed by atoms with Gasteiger partial charge in [-0.1, -0.05) is 59.7 Å². The number of nitrogens with zero attached hydrogens (tertiary/aromatic N) is 2. The molecule has 3 nitrogen and oxygen atoms in total. The van der Waals surface area contributed by atoms with E-state index < -0.39 is 0 Å². The quantitative estimate of drug-likeness (QED) is 0.208. The van der Waals surface area contributed by atoms with Crippen LogP contribution < -0.4 is 0 Å². The van der Waals surface area contributed by atoms with Crippen LogP contribution in [-0.2, 0) is 0 Å². The first-order valence-corrected chi connectivity index (χ1v) is 15.2. The van der Waals surface area contributed by atoms with Crippen LogP contribution in [0, 0.1) is 25.2 Å². The largest absolute Gasteiger partial charge is 0.456 e. The van der Waals surface area contributed by atoms with Crippen LogP contribution in [0.2, 0.25) is 0 Å². The van der Waals surface area contributed by atoms with Crippen LogP contribution in [0.15, 0.2) is 114 Å². The summed E-state index contributed by atoms with van der Waals surface area (Å²) in [6, 6.07) is 41.2. The van der Waals surface area contributed by atoms with Gasteiger partial charge in [0, 0.05) is 32.3 Å². The molecule has 0 saturated heterocycles. The molecule has 0 fully saturated rings. The van der Waals surface area contributed by atoms with Gasteiger partial charge in [-0.25, -0.2) is 0 Å². The number of furan rings is 1. The second-order valence-electron chi connectivity index (χ2n) is 11.5. The van der Waals surface area contributed by atoms with Crippen molar-refractivity contribution in [1.29, 1.82) is 5.26 Å². The number of rotatable bonds is 2. The lowest BCUT2D eigenvalue weighted by atomic mass is 9.98. The molecular formula is C39H24N2OS. The highest BCUT2D eigenvalue weighted by Crippen LogP contribution is 2.44. The summed E-state index contributed by atoms with van der Waals surface area (Å²) < 4.78 is 10.8. The fourth-order valence-corrected chi connectivity index (χ4v) is 7.98. The summed E-state index contributed by atoms with van der Waals surface area (Å²) in [5.74, 6) is 0. The number of hydrogen-bond acceptors (Lipinski definition) is 3. The predicted octanol–water partition coefficient (Wildman–Crippen LogP) is 11.2. The molecule has 6 aromatic carbocycles. The van der Waals surface area contributed by atoms with Crippen LogP contribution in [0.1, 0.15) is 16.7 Å². The zero-order chi connectivity index (χ0) is 28.8. The molecular weight excluding hydrogens is 545 g/mol. The standard InChI is InChI=1S/C39H24N2OS/c1-22-10-14-33-30(16-22)31-17-23(2)11-15-34(31)41(33)35-8-5-7-29-32-19-25(18-26(21-40)38(32)43-39(29)35)24-12-13-28-27-6-3-4-9-36(27)42-37(28)20-24/h3-20H,1-2H3. The van der Waals surface area contributed by atoms with Gasteiger partial charge in [0.05, 0.1) is 31.7 Å². The summed E-state index contributed by atoms with van der Waals surface area (Å²) in [7, 11) is 0. The smallest absolute Gasteiger partial charge is 0.136 e. The predicted molar refractivity (Wildman–Crippen MR) is 181 cm³/mol. The van der Waals surface area contributed by atoms with Crippen LogP contribution in [0.4, 0.5) is 0 Å². The summed E-state index contributed by atoms with van der Waals surface area (Å²) in [6.45, 7) is 4.30. The minimum absolute atomic E-state index is 0.692. The first-order valence-electron chi connectivity index (χ1n) is 14.4. The molecule has 0 N–H and O–H groups in total. The molecule has 43 heavy (non-hydrogen) atoms. The Hall–Kier alpha value is -5.37. The minimum atomic E-state index is 0.692. The van der Waals surface area contributed by atoms with Crippen LogP contribution in [-0.4, -0.2) is 4.57 Å². The molecule has 3 aromatic heterocycles. The van der Waals surface area contributed by atoms with Crippen molar-refractivity contribution in [1.82, 2.24) is 4.57 Å². The highest BCUT2D eigenvalue weighted by molar-refractivity contribution is 7.26. The molecule has 0 saturated carbocycles. The van der Waals surface area contributed by atoms with Crippen LogP contribution >= 0.6 is 11.3 Å². The van der Waals surface area contributed by atoms with E-state index in [0.717, 1.165) is 54.2 Å². The van der Waals surface area contributed by atoms with E-state index in [-0.39, 0.29) is 0 Å². The fraction of sp³-hybridized carbons (Fsp3) is 0.0513. The lowest BCUT2D eigenvalue weighted by molar-refractivity contribution is 0.669. The summed E-state index contributed by atoms with van der Waals surface area (Å²) in [5.41, 5.74) is 10.5. The number of aryl methyl sites for hydroxylation is 2. The Bertz CT molecular complexity index is 2600. The molecule has 202 valence electrons. The summed E-state index contributed by atoms with van der Waals surface area (Å²) in [5, 5.41) is 17.3. The van der Waals surface area contributed by atoms with E-state index in [4.69, 9.17) is 4.42 Å². The Morgan fingerprint density at radius 1 is 0.581 bits per heavy atom. The number of nitriles is 1. The van der Waals surface area contributed by atoms with E-state index in [2.05, 4.69) is 109 Å². The fourth-order valence-electron chi connectivity index (χ4n) is 6.73. The molecule has 0 amide bonds.